The molecule has 2 aromatic rings. The average Bonchev–Trinajstić information content (AvgIpc) is 2.76. The van der Waals surface area contributed by atoms with Gasteiger partial charge in [0.1, 0.15) is 11.4 Å². The standard InChI is InChI=1S/C22H23BrN4O2S/c1-3-4-5-12-30-22-25-21(28)19-17-13-15(23)8-11-18(17)24-20(27(19)26-22)14-6-9-16(29-2)10-7-14/h6-11,13,20H,3-5,12H2,1-2H3,(H,25,26,28)/t20-/m1/s1. The molecule has 0 aliphatic carbocycles. The number of nitrogens with zero attached hydrogens (tertiary/aromatic N) is 3. The third-order valence-corrected chi connectivity index (χ3v) is 6.41. The molecule has 0 unspecified atom stereocenters. The Morgan fingerprint density at radius 1 is 1.20 bits per heavy atom. The van der Waals surface area contributed by atoms with Gasteiger partial charge in [-0.15, -0.1) is 5.10 Å². The highest BCUT2D eigenvalue weighted by Gasteiger charge is 2.34. The van der Waals surface area contributed by atoms with E-state index in [0.29, 0.717) is 10.9 Å². The third kappa shape index (κ3) is 4.25. The molecule has 2 heterocycles. The Kier molecular flexibility index (Phi) is 6.43. The van der Waals surface area contributed by atoms with Gasteiger partial charge < -0.3 is 4.74 Å². The lowest BCUT2D eigenvalue weighted by molar-refractivity contribution is -0.116. The molecule has 6 nitrogen and oxygen atoms in total. The van der Waals surface area contributed by atoms with Crippen LogP contribution in [-0.2, 0) is 4.79 Å². The summed E-state index contributed by atoms with van der Waals surface area (Å²) in [4.78, 5) is 18.0. The Morgan fingerprint density at radius 3 is 2.73 bits per heavy atom. The number of amides is 1. The third-order valence-electron chi connectivity index (χ3n) is 4.97. The maximum atomic E-state index is 13.1. The summed E-state index contributed by atoms with van der Waals surface area (Å²) in [5.74, 6) is 1.54. The van der Waals surface area contributed by atoms with Crippen LogP contribution >= 0.6 is 27.7 Å². The number of benzene rings is 2. The summed E-state index contributed by atoms with van der Waals surface area (Å²) in [6, 6.07) is 13.5. The molecule has 0 spiro atoms. The van der Waals surface area contributed by atoms with E-state index >= 15 is 0 Å². The number of hydrazone groups is 1. The van der Waals surface area contributed by atoms with Crippen LogP contribution in [0.4, 0.5) is 0 Å². The number of thioether (sulfide) groups is 1. The average molecular weight is 487 g/mol. The Bertz CT molecular complexity index is 1100. The largest absolute Gasteiger partial charge is 0.497 e. The first-order chi connectivity index (χ1) is 14.6. The smallest absolute Gasteiger partial charge is 0.276 e. The lowest BCUT2D eigenvalue weighted by Gasteiger charge is -2.34. The summed E-state index contributed by atoms with van der Waals surface area (Å²) in [5, 5.41) is 11.7. The number of unbranched alkanes of at least 4 members (excludes halogenated alkanes) is 2. The quantitative estimate of drug-likeness (QED) is 0.634. The van der Waals surface area contributed by atoms with Crippen LogP contribution in [0.3, 0.4) is 0 Å². The number of halogens is 1. The number of carbonyl (C=O) groups excluding carboxylic acids is 1. The van der Waals surface area contributed by atoms with E-state index in [1.165, 1.54) is 6.42 Å². The van der Waals surface area contributed by atoms with Gasteiger partial charge in [-0.25, -0.2) is 5.01 Å². The van der Waals surface area contributed by atoms with E-state index in [1.54, 1.807) is 23.9 Å². The minimum Gasteiger partial charge on any atom is -0.497 e. The number of hydrogen-bond donors (Lipinski definition) is 1. The second-order valence-electron chi connectivity index (χ2n) is 7.05. The van der Waals surface area contributed by atoms with E-state index in [4.69, 9.17) is 14.8 Å². The number of amidine groups is 1. The van der Waals surface area contributed by atoms with Gasteiger partial charge in [-0.3, -0.25) is 15.1 Å². The van der Waals surface area contributed by atoms with Crippen LogP contribution in [0.15, 0.2) is 57.0 Å². The van der Waals surface area contributed by atoms with Gasteiger partial charge in [0.15, 0.2) is 11.3 Å². The van der Waals surface area contributed by atoms with Crippen molar-refractivity contribution in [3.8, 4) is 5.75 Å². The maximum absolute atomic E-state index is 13.1. The molecule has 0 bridgehead atoms. The van der Waals surface area contributed by atoms with Gasteiger partial charge in [-0.05, 0) is 42.3 Å². The summed E-state index contributed by atoms with van der Waals surface area (Å²) in [7, 11) is 1.64. The first-order valence-corrected chi connectivity index (χ1v) is 11.7. The number of rotatable bonds is 6. The number of methoxy groups -OCH3 is 1. The van der Waals surface area contributed by atoms with E-state index in [9.17, 15) is 4.79 Å². The van der Waals surface area contributed by atoms with Crippen molar-refractivity contribution in [2.45, 2.75) is 32.4 Å². The zero-order valence-corrected chi connectivity index (χ0v) is 19.3. The molecule has 30 heavy (non-hydrogen) atoms. The van der Waals surface area contributed by atoms with Gasteiger partial charge >= 0.3 is 0 Å². The Labute approximate surface area is 188 Å². The van der Waals surface area contributed by atoms with Crippen LogP contribution in [-0.4, -0.2) is 28.9 Å². The summed E-state index contributed by atoms with van der Waals surface area (Å²) >= 11 is 5.08. The molecule has 0 fully saturated rings. The second-order valence-corrected chi connectivity index (χ2v) is 9.04. The number of hydrogen-bond acceptors (Lipinski definition) is 6. The second kappa shape index (κ2) is 9.22. The number of nitrogens with one attached hydrogen (secondary N) is 1. The molecule has 0 radical (unpaired) electrons. The molecule has 1 N–H and O–H groups in total. The minimum atomic E-state index is -0.420. The first kappa shape index (κ1) is 20.9. The van der Waals surface area contributed by atoms with E-state index < -0.39 is 6.17 Å². The van der Waals surface area contributed by atoms with E-state index in [0.717, 1.165) is 45.0 Å². The molecule has 0 saturated carbocycles. The van der Waals surface area contributed by atoms with Crippen LogP contribution in [0, 0.1) is 0 Å². The number of fused-ring (bicyclic) bond motifs is 2. The van der Waals surface area contributed by atoms with Gasteiger partial charge in [-0.2, -0.15) is 0 Å². The van der Waals surface area contributed by atoms with Crippen LogP contribution < -0.4 is 20.6 Å². The van der Waals surface area contributed by atoms with Crippen molar-refractivity contribution in [1.29, 1.82) is 0 Å². The van der Waals surface area contributed by atoms with Crippen LogP contribution in [0.5, 0.6) is 5.75 Å². The molecule has 2 aliphatic heterocycles. The zero-order chi connectivity index (χ0) is 21.1. The molecule has 1 amide bonds. The molecule has 1 atom stereocenters. The zero-order valence-electron chi connectivity index (χ0n) is 16.9. The minimum absolute atomic E-state index is 0.157. The molecule has 0 saturated heterocycles. The maximum Gasteiger partial charge on any atom is 0.276 e. The van der Waals surface area contributed by atoms with Crippen LogP contribution in [0.1, 0.15) is 37.9 Å². The summed E-state index contributed by atoms with van der Waals surface area (Å²) in [6.45, 7) is 2.18. The van der Waals surface area contributed by atoms with Gasteiger partial charge in [0, 0.05) is 15.4 Å². The molecule has 2 aliphatic rings. The van der Waals surface area contributed by atoms with E-state index in [-0.39, 0.29) is 5.91 Å². The van der Waals surface area contributed by atoms with Gasteiger partial charge in [0.05, 0.1) is 12.5 Å². The highest BCUT2D eigenvalue weighted by atomic mass is 79.9. The molecule has 2 aromatic carbocycles. The van der Waals surface area contributed by atoms with Crippen molar-refractivity contribution in [3.63, 3.8) is 0 Å². The van der Waals surface area contributed by atoms with Crippen molar-refractivity contribution < 1.29 is 9.53 Å². The lowest BCUT2D eigenvalue weighted by Crippen LogP contribution is -2.50. The molecule has 0 aromatic heterocycles. The summed E-state index contributed by atoms with van der Waals surface area (Å²) in [6.07, 6.45) is 3.00. The predicted molar refractivity (Wildman–Crippen MR) is 123 cm³/mol. The SMILES string of the molecule is CCCCCSC1=NN2C(=c3cc(Br)ccc3=N[C@H]2c2ccc(OC)cc2)C(=O)N1. The number of ether oxygens (including phenoxy) is 1. The monoisotopic (exact) mass is 486 g/mol. The topological polar surface area (TPSA) is 66.3 Å². The van der Waals surface area contributed by atoms with Crippen molar-refractivity contribution in [2.24, 2.45) is 10.1 Å². The molecule has 156 valence electrons. The van der Waals surface area contributed by atoms with Gasteiger partial charge in [0.2, 0.25) is 0 Å². The van der Waals surface area contributed by atoms with Crippen molar-refractivity contribution in [2.75, 3.05) is 12.9 Å². The van der Waals surface area contributed by atoms with Crippen LogP contribution in [0.25, 0.3) is 5.70 Å². The highest BCUT2D eigenvalue weighted by Crippen LogP contribution is 2.31. The molecular formula is C22H23BrN4O2S. The van der Waals surface area contributed by atoms with E-state index in [1.807, 2.05) is 42.5 Å². The van der Waals surface area contributed by atoms with E-state index in [2.05, 4.69) is 28.2 Å². The molecule has 8 heteroatoms. The van der Waals surface area contributed by atoms with Crippen molar-refractivity contribution in [3.05, 3.63) is 63.1 Å². The molecule has 4 rings (SSSR count). The number of carbonyl (C=O) groups is 1. The Morgan fingerprint density at radius 2 is 2.00 bits per heavy atom. The normalized spacial score (nSPS) is 17.5. The summed E-state index contributed by atoms with van der Waals surface area (Å²) < 4.78 is 6.17. The predicted octanol–water partition coefficient (Wildman–Crippen LogP) is 3.52. The fraction of sp³-hybridized carbons (Fsp3) is 0.318. The highest BCUT2D eigenvalue weighted by molar-refractivity contribution is 9.10. The lowest BCUT2D eigenvalue weighted by atomic mass is 10.1. The fourth-order valence-electron chi connectivity index (χ4n) is 3.43. The van der Waals surface area contributed by atoms with Crippen molar-refractivity contribution >= 4 is 44.5 Å². The Hall–Kier alpha value is -2.32. The van der Waals surface area contributed by atoms with Crippen molar-refractivity contribution in [1.82, 2.24) is 10.3 Å². The van der Waals surface area contributed by atoms with Gasteiger partial charge in [-0.1, -0.05) is 59.6 Å². The summed E-state index contributed by atoms with van der Waals surface area (Å²) in [5.41, 5.74) is 1.45. The van der Waals surface area contributed by atoms with Gasteiger partial charge in [0.25, 0.3) is 5.91 Å². The first-order valence-electron chi connectivity index (χ1n) is 9.94. The fourth-order valence-corrected chi connectivity index (χ4v) is 4.64. The Balaban J connectivity index is 1.78. The van der Waals surface area contributed by atoms with Crippen LogP contribution in [0.2, 0.25) is 0 Å². The molecular weight excluding hydrogens is 464 g/mol.